The fourth-order valence-electron chi connectivity index (χ4n) is 3.28. The lowest BCUT2D eigenvalue weighted by molar-refractivity contribution is -0.249. The van der Waals surface area contributed by atoms with Gasteiger partial charge in [0.25, 0.3) is 0 Å². The molecule has 2 unspecified atom stereocenters. The highest BCUT2D eigenvalue weighted by molar-refractivity contribution is 7.79. The summed E-state index contributed by atoms with van der Waals surface area (Å²) in [5, 5.41) is 0. The van der Waals surface area contributed by atoms with Crippen molar-refractivity contribution >= 4 is 11.1 Å². The molecule has 8 heteroatoms. The van der Waals surface area contributed by atoms with Crippen molar-refractivity contribution in [3.8, 4) is 0 Å². The summed E-state index contributed by atoms with van der Waals surface area (Å²) >= 11 is -2.21. The highest BCUT2D eigenvalue weighted by atomic mass is 32.2. The summed E-state index contributed by atoms with van der Waals surface area (Å²) in [5.41, 5.74) is -0.987. The standard InChI is InChI=1S/C22H44O7S/c1-5-9-13-25-17-18-19(26-14-10-6-2)20(27-15-11-7-3)21(28-16-12-8-4)22(29-18)30(23)24/h18-22H,5-17H2,1-4H3,(H,23,24)/t18-,19-,20+,21-,22?/m1/s1. The van der Waals surface area contributed by atoms with Gasteiger partial charge in [0.05, 0.1) is 6.61 Å². The van der Waals surface area contributed by atoms with Crippen LogP contribution in [0.15, 0.2) is 0 Å². The van der Waals surface area contributed by atoms with Crippen LogP contribution in [-0.4, -0.2) is 71.6 Å². The van der Waals surface area contributed by atoms with Gasteiger partial charge in [-0.15, -0.1) is 0 Å². The maximum absolute atomic E-state index is 12.1. The SMILES string of the molecule is CCCCOC[C@H]1OC(S(=O)O)[C@H](OCCCC)[C@@H](OCCCC)[C@@H]1OCCCC. The third kappa shape index (κ3) is 10.0. The van der Waals surface area contributed by atoms with E-state index in [2.05, 4.69) is 27.7 Å². The minimum absolute atomic E-state index is 0.305. The maximum Gasteiger partial charge on any atom is 0.187 e. The molecule has 30 heavy (non-hydrogen) atoms. The van der Waals surface area contributed by atoms with Crippen LogP contribution in [0.3, 0.4) is 0 Å². The Morgan fingerprint density at radius 3 is 1.70 bits per heavy atom. The van der Waals surface area contributed by atoms with Gasteiger partial charge in [0.2, 0.25) is 0 Å². The van der Waals surface area contributed by atoms with E-state index in [0.29, 0.717) is 33.0 Å². The van der Waals surface area contributed by atoms with Crippen LogP contribution < -0.4 is 0 Å². The van der Waals surface area contributed by atoms with E-state index in [1.54, 1.807) is 0 Å². The number of hydrogen-bond donors (Lipinski definition) is 1. The number of rotatable bonds is 18. The van der Waals surface area contributed by atoms with E-state index in [1.807, 2.05) is 0 Å². The number of hydrogen-bond acceptors (Lipinski definition) is 6. The van der Waals surface area contributed by atoms with Gasteiger partial charge in [0.15, 0.2) is 16.5 Å². The highest BCUT2D eigenvalue weighted by Gasteiger charge is 2.50. The lowest BCUT2D eigenvalue weighted by Crippen LogP contribution is -2.62. The van der Waals surface area contributed by atoms with Crippen LogP contribution in [0.4, 0.5) is 0 Å². The molecule has 6 atom stereocenters. The Morgan fingerprint density at radius 2 is 1.20 bits per heavy atom. The second-order valence-corrected chi connectivity index (χ2v) is 8.83. The highest BCUT2D eigenvalue weighted by Crippen LogP contribution is 2.30. The average molecular weight is 453 g/mol. The molecule has 0 spiro atoms. The molecule has 0 saturated carbocycles. The van der Waals surface area contributed by atoms with Gasteiger partial charge in [0, 0.05) is 26.4 Å². The summed E-state index contributed by atoms with van der Waals surface area (Å²) in [5.74, 6) is 0. The molecule has 180 valence electrons. The molecular weight excluding hydrogens is 408 g/mol. The van der Waals surface area contributed by atoms with Crippen molar-refractivity contribution in [2.45, 2.75) is 109 Å². The molecule has 0 amide bonds. The lowest BCUT2D eigenvalue weighted by Gasteiger charge is -2.45. The van der Waals surface area contributed by atoms with Crippen LogP contribution in [0.5, 0.6) is 0 Å². The molecule has 0 bridgehead atoms. The van der Waals surface area contributed by atoms with Gasteiger partial charge >= 0.3 is 0 Å². The van der Waals surface area contributed by atoms with E-state index in [9.17, 15) is 8.76 Å². The van der Waals surface area contributed by atoms with Crippen LogP contribution in [0.25, 0.3) is 0 Å². The van der Waals surface area contributed by atoms with E-state index >= 15 is 0 Å². The fraction of sp³-hybridized carbons (Fsp3) is 1.00. The quantitative estimate of drug-likeness (QED) is 0.245. The Kier molecular flexibility index (Phi) is 16.3. The first-order valence-electron chi connectivity index (χ1n) is 11.8. The smallest absolute Gasteiger partial charge is 0.187 e. The second-order valence-electron chi connectivity index (χ2n) is 7.81. The summed E-state index contributed by atoms with van der Waals surface area (Å²) in [6, 6.07) is 0. The van der Waals surface area contributed by atoms with Crippen LogP contribution >= 0.6 is 0 Å². The minimum Gasteiger partial charge on any atom is -0.379 e. The summed E-state index contributed by atoms with van der Waals surface area (Å²) in [7, 11) is 0. The van der Waals surface area contributed by atoms with Crippen molar-refractivity contribution in [2.24, 2.45) is 0 Å². The molecule has 1 N–H and O–H groups in total. The molecule has 0 aromatic carbocycles. The Balaban J connectivity index is 3.03. The second kappa shape index (κ2) is 17.5. The van der Waals surface area contributed by atoms with Gasteiger partial charge in [-0.2, -0.15) is 0 Å². The fourth-order valence-corrected chi connectivity index (χ4v) is 3.98. The predicted molar refractivity (Wildman–Crippen MR) is 119 cm³/mol. The summed E-state index contributed by atoms with van der Waals surface area (Å²) in [6.45, 7) is 11.0. The first-order valence-corrected chi connectivity index (χ1v) is 12.9. The van der Waals surface area contributed by atoms with Crippen LogP contribution in [0.1, 0.15) is 79.1 Å². The summed E-state index contributed by atoms with van der Waals surface area (Å²) in [4.78, 5) is 0. The molecule has 1 saturated heterocycles. The zero-order valence-electron chi connectivity index (χ0n) is 19.4. The normalized spacial score (nSPS) is 28.0. The first kappa shape index (κ1) is 27.9. The van der Waals surface area contributed by atoms with Crippen molar-refractivity contribution in [3.63, 3.8) is 0 Å². The first-order chi connectivity index (χ1) is 14.6. The Bertz CT molecular complexity index is 438. The molecule has 1 rings (SSSR count). The zero-order valence-corrected chi connectivity index (χ0v) is 20.2. The number of ether oxygens (including phenoxy) is 5. The van der Waals surface area contributed by atoms with Crippen LogP contribution in [0.2, 0.25) is 0 Å². The van der Waals surface area contributed by atoms with Gasteiger partial charge < -0.3 is 28.2 Å². The van der Waals surface area contributed by atoms with E-state index in [4.69, 9.17) is 23.7 Å². The Morgan fingerprint density at radius 1 is 0.733 bits per heavy atom. The van der Waals surface area contributed by atoms with Crippen molar-refractivity contribution in [1.82, 2.24) is 0 Å². The van der Waals surface area contributed by atoms with Crippen molar-refractivity contribution in [1.29, 1.82) is 0 Å². The van der Waals surface area contributed by atoms with E-state index in [1.165, 1.54) is 0 Å². The largest absolute Gasteiger partial charge is 0.379 e. The number of unbranched alkanes of at least 4 members (excludes halogenated alkanes) is 4. The average Bonchev–Trinajstić information content (AvgIpc) is 2.73. The van der Waals surface area contributed by atoms with Crippen molar-refractivity contribution in [3.05, 3.63) is 0 Å². The molecule has 7 nitrogen and oxygen atoms in total. The Hall–Kier alpha value is -0.0900. The lowest BCUT2D eigenvalue weighted by atomic mass is 9.99. The molecule has 1 aliphatic rings. The van der Waals surface area contributed by atoms with Gasteiger partial charge in [0.1, 0.15) is 24.4 Å². The molecule has 0 aliphatic carbocycles. The monoisotopic (exact) mass is 452 g/mol. The van der Waals surface area contributed by atoms with Gasteiger partial charge in [-0.1, -0.05) is 53.4 Å². The molecule has 0 radical (unpaired) electrons. The third-order valence-electron chi connectivity index (χ3n) is 5.14. The molecule has 1 aliphatic heterocycles. The zero-order chi connectivity index (χ0) is 22.2. The summed E-state index contributed by atoms with van der Waals surface area (Å²) < 4.78 is 52.4. The molecule has 1 fully saturated rings. The van der Waals surface area contributed by atoms with Gasteiger partial charge in [-0.05, 0) is 25.7 Å². The van der Waals surface area contributed by atoms with Crippen molar-refractivity contribution < 1.29 is 32.4 Å². The Labute approximate surface area is 185 Å². The molecule has 0 aromatic rings. The van der Waals surface area contributed by atoms with Crippen molar-refractivity contribution in [2.75, 3.05) is 33.0 Å². The molecule has 1 heterocycles. The topological polar surface area (TPSA) is 83.5 Å². The van der Waals surface area contributed by atoms with E-state index < -0.39 is 40.9 Å². The van der Waals surface area contributed by atoms with Gasteiger partial charge in [-0.25, -0.2) is 4.21 Å². The molecule has 0 aromatic heterocycles. The van der Waals surface area contributed by atoms with E-state index in [0.717, 1.165) is 51.4 Å². The predicted octanol–water partition coefficient (Wildman–Crippen LogP) is 4.31. The minimum atomic E-state index is -2.21. The van der Waals surface area contributed by atoms with Crippen LogP contribution in [0, 0.1) is 0 Å². The van der Waals surface area contributed by atoms with Crippen LogP contribution in [-0.2, 0) is 34.8 Å². The van der Waals surface area contributed by atoms with Gasteiger partial charge in [-0.3, -0.25) is 0 Å². The van der Waals surface area contributed by atoms with E-state index in [-0.39, 0.29) is 0 Å². The maximum atomic E-state index is 12.1. The third-order valence-corrected chi connectivity index (χ3v) is 5.92. The molecular formula is C22H44O7S. The summed E-state index contributed by atoms with van der Waals surface area (Å²) in [6.07, 6.45) is 5.71.